The molecular formula is C20H23N5OS. The Bertz CT molecular complexity index is 864. The number of aryl methyl sites for hydroxylation is 1. The molecule has 2 aromatic carbocycles. The summed E-state index contributed by atoms with van der Waals surface area (Å²) in [5, 5.41) is 11.8. The number of hydrogen-bond donors (Lipinski definition) is 1. The van der Waals surface area contributed by atoms with Crippen LogP contribution in [0.2, 0.25) is 0 Å². The molecule has 3 aromatic rings. The van der Waals surface area contributed by atoms with Crippen LogP contribution in [0.4, 0.5) is 5.69 Å². The molecule has 1 amide bonds. The number of thioether (sulfide) groups is 1. The van der Waals surface area contributed by atoms with Gasteiger partial charge >= 0.3 is 0 Å². The van der Waals surface area contributed by atoms with E-state index in [0.29, 0.717) is 17.5 Å². The van der Waals surface area contributed by atoms with Crippen molar-refractivity contribution in [3.8, 4) is 5.69 Å². The van der Waals surface area contributed by atoms with Gasteiger partial charge in [0.2, 0.25) is 5.91 Å². The minimum Gasteiger partial charge on any atom is -0.373 e. The molecule has 6 nitrogen and oxygen atoms in total. The summed E-state index contributed by atoms with van der Waals surface area (Å²) in [5.74, 6) is 0.291. The number of likely N-dealkylation sites (N-methyl/N-ethyl adjacent to an activating group) is 1. The summed E-state index contributed by atoms with van der Waals surface area (Å²) in [6.45, 7) is 3.39. The van der Waals surface area contributed by atoms with E-state index >= 15 is 0 Å². The van der Waals surface area contributed by atoms with Crippen LogP contribution < -0.4 is 10.2 Å². The van der Waals surface area contributed by atoms with E-state index in [1.807, 2.05) is 61.0 Å². The number of benzene rings is 2. The van der Waals surface area contributed by atoms with Crippen LogP contribution >= 0.6 is 11.8 Å². The van der Waals surface area contributed by atoms with Crippen molar-refractivity contribution in [1.29, 1.82) is 0 Å². The molecule has 0 bridgehead atoms. The van der Waals surface area contributed by atoms with E-state index in [-0.39, 0.29) is 5.91 Å². The Hall–Kier alpha value is -2.80. The predicted octanol–water partition coefficient (Wildman–Crippen LogP) is 2.92. The average Bonchev–Trinajstić information content (AvgIpc) is 3.16. The highest BCUT2D eigenvalue weighted by Crippen LogP contribution is 2.19. The normalized spacial score (nSPS) is 10.6. The van der Waals surface area contributed by atoms with E-state index < -0.39 is 0 Å². The number of carbonyl (C=O) groups excluding carboxylic acids is 1. The van der Waals surface area contributed by atoms with E-state index in [9.17, 15) is 4.79 Å². The summed E-state index contributed by atoms with van der Waals surface area (Å²) in [7, 11) is 2.01. The van der Waals surface area contributed by atoms with Crippen molar-refractivity contribution in [2.75, 3.05) is 30.8 Å². The van der Waals surface area contributed by atoms with Gasteiger partial charge in [-0.05, 0) is 31.2 Å². The minimum atomic E-state index is -0.0140. The number of anilines is 1. The maximum absolute atomic E-state index is 12.1. The van der Waals surface area contributed by atoms with Crippen molar-refractivity contribution in [2.24, 2.45) is 0 Å². The molecule has 0 saturated carbocycles. The third kappa shape index (κ3) is 5.34. The number of para-hydroxylation sites is 1. The predicted molar refractivity (Wildman–Crippen MR) is 110 cm³/mol. The maximum Gasteiger partial charge on any atom is 0.230 e. The Morgan fingerprint density at radius 3 is 2.63 bits per heavy atom. The van der Waals surface area contributed by atoms with Gasteiger partial charge < -0.3 is 10.2 Å². The molecule has 0 aliphatic rings. The van der Waals surface area contributed by atoms with E-state index in [2.05, 4.69) is 32.5 Å². The third-order valence-electron chi connectivity index (χ3n) is 4.13. The Morgan fingerprint density at radius 2 is 1.89 bits per heavy atom. The van der Waals surface area contributed by atoms with Gasteiger partial charge in [-0.1, -0.05) is 47.7 Å². The minimum absolute atomic E-state index is 0.0140. The molecule has 0 saturated heterocycles. The lowest BCUT2D eigenvalue weighted by Crippen LogP contribution is -2.33. The highest BCUT2D eigenvalue weighted by molar-refractivity contribution is 7.99. The molecular weight excluding hydrogens is 358 g/mol. The monoisotopic (exact) mass is 381 g/mol. The number of carbonyl (C=O) groups is 1. The van der Waals surface area contributed by atoms with Gasteiger partial charge in [-0.25, -0.2) is 0 Å². The molecule has 140 valence electrons. The standard InChI is InChI=1S/C20H23N5OS/c1-16-8-10-18(11-9-16)25-15-22-23-20(25)27-14-19(26)21-12-13-24(2)17-6-4-3-5-7-17/h3-11,15H,12-14H2,1-2H3,(H,21,26). The molecule has 1 N–H and O–H groups in total. The number of nitrogens with one attached hydrogen (secondary N) is 1. The number of hydrogen-bond acceptors (Lipinski definition) is 5. The average molecular weight is 382 g/mol. The Labute approximate surface area is 163 Å². The topological polar surface area (TPSA) is 63.1 Å². The van der Waals surface area contributed by atoms with Gasteiger partial charge in [-0.2, -0.15) is 0 Å². The molecule has 3 rings (SSSR count). The Balaban J connectivity index is 1.46. The van der Waals surface area contributed by atoms with Crippen molar-refractivity contribution in [3.05, 3.63) is 66.5 Å². The van der Waals surface area contributed by atoms with Crippen LogP contribution in [0.25, 0.3) is 5.69 Å². The summed E-state index contributed by atoms with van der Waals surface area (Å²) >= 11 is 1.38. The molecule has 7 heteroatoms. The highest BCUT2D eigenvalue weighted by atomic mass is 32.2. The molecule has 0 fully saturated rings. The molecule has 0 aliphatic heterocycles. The summed E-state index contributed by atoms with van der Waals surface area (Å²) in [4.78, 5) is 14.3. The lowest BCUT2D eigenvalue weighted by atomic mass is 10.2. The van der Waals surface area contributed by atoms with Gasteiger partial charge in [0.05, 0.1) is 5.75 Å². The van der Waals surface area contributed by atoms with Crippen molar-refractivity contribution < 1.29 is 4.79 Å². The fraction of sp³-hybridized carbons (Fsp3) is 0.250. The van der Waals surface area contributed by atoms with E-state index in [1.54, 1.807) is 6.33 Å². The molecule has 0 atom stereocenters. The molecule has 0 spiro atoms. The second-order valence-corrected chi connectivity index (χ2v) is 7.16. The maximum atomic E-state index is 12.1. The number of nitrogens with zero attached hydrogens (tertiary/aromatic N) is 4. The molecule has 27 heavy (non-hydrogen) atoms. The first-order chi connectivity index (χ1) is 13.1. The molecule has 0 unspecified atom stereocenters. The number of amides is 1. The van der Waals surface area contributed by atoms with Crippen molar-refractivity contribution >= 4 is 23.4 Å². The zero-order chi connectivity index (χ0) is 19.1. The molecule has 0 radical (unpaired) electrons. The lowest BCUT2D eigenvalue weighted by Gasteiger charge is -2.19. The Morgan fingerprint density at radius 1 is 1.15 bits per heavy atom. The van der Waals surface area contributed by atoms with Crippen molar-refractivity contribution in [2.45, 2.75) is 12.1 Å². The molecule has 0 aliphatic carbocycles. The fourth-order valence-corrected chi connectivity index (χ4v) is 3.32. The Kier molecular flexibility index (Phi) is 6.49. The summed E-state index contributed by atoms with van der Waals surface area (Å²) in [6, 6.07) is 18.2. The van der Waals surface area contributed by atoms with Crippen LogP contribution in [0.5, 0.6) is 0 Å². The smallest absolute Gasteiger partial charge is 0.230 e. The van der Waals surface area contributed by atoms with Crippen LogP contribution in [0.3, 0.4) is 0 Å². The van der Waals surface area contributed by atoms with Gasteiger partial charge in [-0.15, -0.1) is 10.2 Å². The summed E-state index contributed by atoms with van der Waals surface area (Å²) in [6.07, 6.45) is 1.67. The van der Waals surface area contributed by atoms with Crippen LogP contribution in [-0.4, -0.2) is 46.6 Å². The summed E-state index contributed by atoms with van der Waals surface area (Å²) < 4.78 is 1.89. The quantitative estimate of drug-likeness (QED) is 0.608. The summed E-state index contributed by atoms with van der Waals surface area (Å²) in [5.41, 5.74) is 3.31. The fourth-order valence-electron chi connectivity index (χ4n) is 2.56. The van der Waals surface area contributed by atoms with Gasteiger partial charge in [0.1, 0.15) is 6.33 Å². The van der Waals surface area contributed by atoms with Crippen LogP contribution in [0.1, 0.15) is 5.56 Å². The zero-order valence-electron chi connectivity index (χ0n) is 15.5. The van der Waals surface area contributed by atoms with Crippen LogP contribution in [-0.2, 0) is 4.79 Å². The molecule has 1 aromatic heterocycles. The first-order valence-electron chi connectivity index (χ1n) is 8.76. The van der Waals surface area contributed by atoms with Gasteiger partial charge in [-0.3, -0.25) is 9.36 Å². The number of rotatable bonds is 8. The zero-order valence-corrected chi connectivity index (χ0v) is 16.3. The van der Waals surface area contributed by atoms with E-state index in [0.717, 1.165) is 17.9 Å². The van der Waals surface area contributed by atoms with Crippen LogP contribution in [0, 0.1) is 6.92 Å². The largest absolute Gasteiger partial charge is 0.373 e. The SMILES string of the molecule is Cc1ccc(-n2cnnc2SCC(=O)NCCN(C)c2ccccc2)cc1. The third-order valence-corrected chi connectivity index (χ3v) is 5.07. The van der Waals surface area contributed by atoms with Gasteiger partial charge in [0, 0.05) is 31.5 Å². The van der Waals surface area contributed by atoms with Crippen molar-refractivity contribution in [1.82, 2.24) is 20.1 Å². The van der Waals surface area contributed by atoms with Gasteiger partial charge in [0.15, 0.2) is 5.16 Å². The lowest BCUT2D eigenvalue weighted by molar-refractivity contribution is -0.118. The highest BCUT2D eigenvalue weighted by Gasteiger charge is 2.10. The van der Waals surface area contributed by atoms with E-state index in [1.165, 1.54) is 17.3 Å². The van der Waals surface area contributed by atoms with Gasteiger partial charge in [0.25, 0.3) is 0 Å². The number of aromatic nitrogens is 3. The second kappa shape index (κ2) is 9.23. The first kappa shape index (κ1) is 19.0. The van der Waals surface area contributed by atoms with Crippen LogP contribution in [0.15, 0.2) is 66.1 Å². The first-order valence-corrected chi connectivity index (χ1v) is 9.75. The van der Waals surface area contributed by atoms with Crippen molar-refractivity contribution in [3.63, 3.8) is 0 Å². The van der Waals surface area contributed by atoms with E-state index in [4.69, 9.17) is 0 Å². The molecule has 1 heterocycles. The second-order valence-electron chi connectivity index (χ2n) is 6.21.